The first-order valence-corrected chi connectivity index (χ1v) is 6.24. The molecular formula is C13H22N2. The van der Waals surface area contributed by atoms with Gasteiger partial charge in [-0.05, 0) is 50.6 Å². The third-order valence-electron chi connectivity index (χ3n) is 4.13. The molecule has 0 spiro atoms. The molecule has 2 fully saturated rings. The second-order valence-corrected chi connectivity index (χ2v) is 6.03. The van der Waals surface area contributed by atoms with Gasteiger partial charge in [-0.3, -0.25) is 4.90 Å². The third kappa shape index (κ3) is 2.03. The van der Waals surface area contributed by atoms with Crippen LogP contribution in [0.15, 0.2) is 0 Å². The van der Waals surface area contributed by atoms with E-state index in [1.54, 1.807) is 0 Å². The van der Waals surface area contributed by atoms with Crippen LogP contribution in [-0.2, 0) is 0 Å². The number of nitrogens with zero attached hydrogens (tertiary/aromatic N) is 2. The largest absolute Gasteiger partial charge is 0.286 e. The zero-order chi connectivity index (χ0) is 10.9. The minimum atomic E-state index is -0.127. The molecule has 1 atom stereocenters. The molecule has 1 heterocycles. The Hall–Kier alpha value is -0.550. The SMILES string of the molecule is CC1(C)CCCC(C#N)(N2CCCC2)C1. The van der Waals surface area contributed by atoms with Gasteiger partial charge in [0.25, 0.3) is 0 Å². The fourth-order valence-corrected chi connectivity index (χ4v) is 3.41. The summed E-state index contributed by atoms with van der Waals surface area (Å²) in [6, 6.07) is 2.64. The Morgan fingerprint density at radius 1 is 1.07 bits per heavy atom. The fourth-order valence-electron chi connectivity index (χ4n) is 3.41. The summed E-state index contributed by atoms with van der Waals surface area (Å²) in [6.45, 7) is 6.91. The summed E-state index contributed by atoms with van der Waals surface area (Å²) >= 11 is 0. The highest BCUT2D eigenvalue weighted by Crippen LogP contribution is 2.44. The highest BCUT2D eigenvalue weighted by Gasteiger charge is 2.45. The number of likely N-dealkylation sites (tertiary alicyclic amines) is 1. The van der Waals surface area contributed by atoms with Crippen LogP contribution in [-0.4, -0.2) is 23.5 Å². The Balaban J connectivity index is 2.17. The smallest absolute Gasteiger partial charge is 0.109 e. The molecule has 0 N–H and O–H groups in total. The molecule has 0 radical (unpaired) electrons. The molecule has 2 aliphatic rings. The lowest BCUT2D eigenvalue weighted by molar-refractivity contribution is 0.0619. The van der Waals surface area contributed by atoms with E-state index >= 15 is 0 Å². The second-order valence-electron chi connectivity index (χ2n) is 6.03. The van der Waals surface area contributed by atoms with E-state index < -0.39 is 0 Å². The maximum atomic E-state index is 9.54. The van der Waals surface area contributed by atoms with Crippen LogP contribution >= 0.6 is 0 Å². The lowest BCUT2D eigenvalue weighted by Gasteiger charge is -2.45. The highest BCUT2D eigenvalue weighted by atomic mass is 15.2. The van der Waals surface area contributed by atoms with Gasteiger partial charge in [-0.1, -0.05) is 20.3 Å². The Bertz CT molecular complexity index is 271. The predicted molar refractivity (Wildman–Crippen MR) is 61.4 cm³/mol. The van der Waals surface area contributed by atoms with Gasteiger partial charge in [0, 0.05) is 0 Å². The number of rotatable bonds is 1. The molecule has 2 rings (SSSR count). The molecule has 1 saturated heterocycles. The average molecular weight is 206 g/mol. The maximum absolute atomic E-state index is 9.54. The van der Waals surface area contributed by atoms with Gasteiger partial charge in [-0.2, -0.15) is 5.26 Å². The van der Waals surface area contributed by atoms with Gasteiger partial charge in [0.1, 0.15) is 5.54 Å². The molecule has 0 aromatic carbocycles. The predicted octanol–water partition coefficient (Wildman–Crippen LogP) is 2.94. The van der Waals surface area contributed by atoms with Gasteiger partial charge in [0.05, 0.1) is 6.07 Å². The maximum Gasteiger partial charge on any atom is 0.109 e. The van der Waals surface area contributed by atoms with Crippen LogP contribution in [0.25, 0.3) is 0 Å². The number of hydrogen-bond donors (Lipinski definition) is 0. The van der Waals surface area contributed by atoms with E-state index in [1.807, 2.05) is 0 Å². The third-order valence-corrected chi connectivity index (χ3v) is 4.13. The summed E-state index contributed by atoms with van der Waals surface area (Å²) in [5.41, 5.74) is 0.231. The van der Waals surface area contributed by atoms with Gasteiger partial charge in [-0.15, -0.1) is 0 Å². The molecule has 0 bridgehead atoms. The minimum Gasteiger partial charge on any atom is -0.286 e. The van der Waals surface area contributed by atoms with E-state index in [-0.39, 0.29) is 5.54 Å². The first-order chi connectivity index (χ1) is 7.08. The van der Waals surface area contributed by atoms with Crippen LogP contribution < -0.4 is 0 Å². The second kappa shape index (κ2) is 3.79. The van der Waals surface area contributed by atoms with E-state index in [9.17, 15) is 5.26 Å². The van der Waals surface area contributed by atoms with Crippen molar-refractivity contribution in [3.05, 3.63) is 0 Å². The van der Waals surface area contributed by atoms with Crippen molar-refractivity contribution in [1.29, 1.82) is 5.26 Å². The van der Waals surface area contributed by atoms with Crippen LogP contribution in [0.2, 0.25) is 0 Å². The van der Waals surface area contributed by atoms with Crippen LogP contribution in [0.1, 0.15) is 52.4 Å². The molecule has 0 aromatic rings. The van der Waals surface area contributed by atoms with E-state index in [0.717, 1.165) is 25.9 Å². The molecule has 2 nitrogen and oxygen atoms in total. The van der Waals surface area contributed by atoms with Crippen LogP contribution in [0.4, 0.5) is 0 Å². The van der Waals surface area contributed by atoms with Crippen LogP contribution in [0, 0.1) is 16.7 Å². The molecule has 2 heteroatoms. The topological polar surface area (TPSA) is 27.0 Å². The molecule has 1 aliphatic heterocycles. The Morgan fingerprint density at radius 3 is 2.27 bits per heavy atom. The number of nitriles is 1. The first kappa shape index (κ1) is 11.0. The molecule has 1 unspecified atom stereocenters. The van der Waals surface area contributed by atoms with Gasteiger partial charge in [0.15, 0.2) is 0 Å². The highest BCUT2D eigenvalue weighted by molar-refractivity contribution is 5.13. The molecule has 15 heavy (non-hydrogen) atoms. The average Bonchev–Trinajstić information content (AvgIpc) is 2.69. The van der Waals surface area contributed by atoms with Crippen LogP contribution in [0.3, 0.4) is 0 Å². The standard InChI is InChI=1S/C13H22N2/c1-12(2)6-5-7-13(10-12,11-14)15-8-3-4-9-15/h3-10H2,1-2H3. The minimum absolute atomic E-state index is 0.127. The first-order valence-electron chi connectivity index (χ1n) is 6.24. The van der Waals surface area contributed by atoms with E-state index in [2.05, 4.69) is 24.8 Å². The van der Waals surface area contributed by atoms with Crippen molar-refractivity contribution in [2.45, 2.75) is 57.9 Å². The van der Waals surface area contributed by atoms with E-state index in [4.69, 9.17) is 0 Å². The number of hydrogen-bond acceptors (Lipinski definition) is 2. The van der Waals surface area contributed by atoms with Crippen molar-refractivity contribution in [3.8, 4) is 6.07 Å². The lowest BCUT2D eigenvalue weighted by Crippen LogP contribution is -2.51. The van der Waals surface area contributed by atoms with Gasteiger partial charge in [0.2, 0.25) is 0 Å². The van der Waals surface area contributed by atoms with Crippen molar-refractivity contribution in [2.24, 2.45) is 5.41 Å². The summed E-state index contributed by atoms with van der Waals surface area (Å²) < 4.78 is 0. The van der Waals surface area contributed by atoms with Crippen molar-refractivity contribution < 1.29 is 0 Å². The van der Waals surface area contributed by atoms with E-state index in [0.29, 0.717) is 5.41 Å². The fraction of sp³-hybridized carbons (Fsp3) is 0.923. The van der Waals surface area contributed by atoms with E-state index in [1.165, 1.54) is 25.7 Å². The van der Waals surface area contributed by atoms with Crippen molar-refractivity contribution in [2.75, 3.05) is 13.1 Å². The van der Waals surface area contributed by atoms with Gasteiger partial charge < -0.3 is 0 Å². The van der Waals surface area contributed by atoms with Gasteiger partial charge >= 0.3 is 0 Å². The van der Waals surface area contributed by atoms with Gasteiger partial charge in [-0.25, -0.2) is 0 Å². The van der Waals surface area contributed by atoms with Crippen molar-refractivity contribution in [1.82, 2.24) is 4.90 Å². The Morgan fingerprint density at radius 2 is 1.73 bits per heavy atom. The Labute approximate surface area is 93.3 Å². The molecule has 1 saturated carbocycles. The lowest BCUT2D eigenvalue weighted by atomic mass is 9.68. The van der Waals surface area contributed by atoms with Crippen LogP contribution in [0.5, 0.6) is 0 Å². The summed E-state index contributed by atoms with van der Waals surface area (Å²) in [5.74, 6) is 0. The molecule has 84 valence electrons. The zero-order valence-corrected chi connectivity index (χ0v) is 10.1. The monoisotopic (exact) mass is 206 g/mol. The molecular weight excluding hydrogens is 184 g/mol. The quantitative estimate of drug-likeness (QED) is 0.659. The molecule has 1 aliphatic carbocycles. The normalized spacial score (nSPS) is 36.3. The van der Waals surface area contributed by atoms with Crippen molar-refractivity contribution >= 4 is 0 Å². The van der Waals surface area contributed by atoms with Crippen molar-refractivity contribution in [3.63, 3.8) is 0 Å². The summed E-state index contributed by atoms with van der Waals surface area (Å²) in [7, 11) is 0. The summed E-state index contributed by atoms with van der Waals surface area (Å²) in [4.78, 5) is 2.45. The molecule has 0 amide bonds. The summed E-state index contributed by atoms with van der Waals surface area (Å²) in [5, 5.41) is 9.54. The Kier molecular flexibility index (Phi) is 2.77. The zero-order valence-electron chi connectivity index (χ0n) is 10.1. The molecule has 0 aromatic heterocycles. The summed E-state index contributed by atoms with van der Waals surface area (Å²) in [6.07, 6.45) is 7.22.